The Hall–Kier alpha value is -1.42. The molecule has 1 N–H and O–H groups in total. The number of hydrogen-bond donors (Lipinski definition) is 1. The van der Waals surface area contributed by atoms with Gasteiger partial charge in [-0.25, -0.2) is 9.97 Å². The number of anilines is 1. The summed E-state index contributed by atoms with van der Waals surface area (Å²) in [6.45, 7) is 2.91. The van der Waals surface area contributed by atoms with Gasteiger partial charge in [-0.05, 0) is 25.0 Å². The molecule has 2 aromatic rings. The number of pyridine rings is 1. The molecule has 2 rings (SSSR count). The molecule has 0 aliphatic carbocycles. The molecular weight excluding hydrogens is 236 g/mol. The van der Waals surface area contributed by atoms with Crippen molar-refractivity contribution in [1.29, 1.82) is 0 Å². The van der Waals surface area contributed by atoms with Crippen LogP contribution in [0.5, 0.6) is 0 Å². The first kappa shape index (κ1) is 12.0. The molecule has 2 aromatic heterocycles. The third-order valence-electron chi connectivity index (χ3n) is 2.54. The monoisotopic (exact) mass is 250 g/mol. The fourth-order valence-corrected chi connectivity index (χ4v) is 1.62. The zero-order valence-electron chi connectivity index (χ0n) is 9.73. The van der Waals surface area contributed by atoms with E-state index >= 15 is 0 Å². The second kappa shape index (κ2) is 5.77. The van der Waals surface area contributed by atoms with Gasteiger partial charge in [-0.3, -0.25) is 4.98 Å². The number of nitrogens with zero attached hydrogens (tertiary/aromatic N) is 3. The van der Waals surface area contributed by atoms with Gasteiger partial charge in [-0.15, -0.1) is 11.6 Å². The maximum Gasteiger partial charge on any atom is 0.180 e. The third kappa shape index (κ3) is 3.27. The van der Waals surface area contributed by atoms with Crippen molar-refractivity contribution in [2.75, 3.05) is 11.9 Å². The Morgan fingerprint density at radius 1 is 1.29 bits per heavy atom. The first-order valence-electron chi connectivity index (χ1n) is 5.75. The van der Waals surface area contributed by atoms with E-state index in [1.165, 1.54) is 0 Å². The Bertz CT molecular complexity index is 489. The van der Waals surface area contributed by atoms with Gasteiger partial charge >= 0.3 is 0 Å². The Balaban J connectivity index is 1.99. The minimum atomic E-state index is 0.225. The summed E-state index contributed by atoms with van der Waals surface area (Å²) in [7, 11) is 0. The highest BCUT2D eigenvalue weighted by molar-refractivity contribution is 6.20. The molecule has 1 atom stereocenters. The van der Waals surface area contributed by atoms with Crippen LogP contribution >= 0.6 is 11.6 Å². The van der Waals surface area contributed by atoms with Crippen LogP contribution in [0.15, 0.2) is 24.5 Å². The normalized spacial score (nSPS) is 12.6. The van der Waals surface area contributed by atoms with Gasteiger partial charge < -0.3 is 5.32 Å². The van der Waals surface area contributed by atoms with Crippen LogP contribution in [-0.4, -0.2) is 26.9 Å². The summed E-state index contributed by atoms with van der Waals surface area (Å²) in [5.41, 5.74) is 1.47. The maximum atomic E-state index is 6.04. The third-order valence-corrected chi connectivity index (χ3v) is 3.07. The van der Waals surface area contributed by atoms with Crippen molar-refractivity contribution in [3.63, 3.8) is 0 Å². The molecule has 0 amide bonds. The topological polar surface area (TPSA) is 50.7 Å². The van der Waals surface area contributed by atoms with Crippen LogP contribution in [0.25, 0.3) is 11.2 Å². The molecule has 0 saturated carbocycles. The fourth-order valence-electron chi connectivity index (χ4n) is 1.51. The van der Waals surface area contributed by atoms with E-state index in [1.54, 1.807) is 12.4 Å². The van der Waals surface area contributed by atoms with Crippen molar-refractivity contribution in [1.82, 2.24) is 15.0 Å². The summed E-state index contributed by atoms with van der Waals surface area (Å²) in [5.74, 6) is 0.818. The van der Waals surface area contributed by atoms with Gasteiger partial charge in [0.25, 0.3) is 0 Å². The number of alkyl halides is 1. The molecule has 5 heteroatoms. The van der Waals surface area contributed by atoms with E-state index in [1.807, 2.05) is 12.1 Å². The molecule has 17 heavy (non-hydrogen) atoms. The molecule has 0 aliphatic heterocycles. The molecule has 1 unspecified atom stereocenters. The zero-order valence-corrected chi connectivity index (χ0v) is 10.5. The zero-order chi connectivity index (χ0) is 12.1. The maximum absolute atomic E-state index is 6.04. The summed E-state index contributed by atoms with van der Waals surface area (Å²) >= 11 is 6.04. The molecular formula is C12H15ClN4. The van der Waals surface area contributed by atoms with Gasteiger partial charge in [0, 0.05) is 24.3 Å². The highest BCUT2D eigenvalue weighted by Crippen LogP contribution is 2.11. The van der Waals surface area contributed by atoms with Crippen LogP contribution < -0.4 is 5.32 Å². The van der Waals surface area contributed by atoms with Crippen molar-refractivity contribution in [3.05, 3.63) is 24.5 Å². The van der Waals surface area contributed by atoms with Crippen molar-refractivity contribution in [3.8, 4) is 0 Å². The number of hydrogen-bond acceptors (Lipinski definition) is 4. The van der Waals surface area contributed by atoms with Crippen LogP contribution in [0.4, 0.5) is 5.82 Å². The molecule has 0 bridgehead atoms. The molecule has 0 spiro atoms. The molecule has 2 heterocycles. The predicted octanol–water partition coefficient (Wildman–Crippen LogP) is 2.84. The summed E-state index contributed by atoms with van der Waals surface area (Å²) in [5, 5.41) is 3.46. The van der Waals surface area contributed by atoms with Gasteiger partial charge in [0.2, 0.25) is 0 Å². The van der Waals surface area contributed by atoms with E-state index in [-0.39, 0.29) is 5.38 Å². The Morgan fingerprint density at radius 3 is 2.94 bits per heavy atom. The lowest BCUT2D eigenvalue weighted by molar-refractivity contribution is 0.752. The van der Waals surface area contributed by atoms with Crippen molar-refractivity contribution < 1.29 is 0 Å². The van der Waals surface area contributed by atoms with Crippen LogP contribution in [-0.2, 0) is 0 Å². The van der Waals surface area contributed by atoms with E-state index in [0.29, 0.717) is 5.65 Å². The average Bonchev–Trinajstić information content (AvgIpc) is 2.38. The van der Waals surface area contributed by atoms with E-state index in [2.05, 4.69) is 27.2 Å². The molecule has 0 radical (unpaired) electrons. The summed E-state index contributed by atoms with van der Waals surface area (Å²) in [6.07, 6.45) is 5.22. The second-order valence-electron chi connectivity index (χ2n) is 3.82. The van der Waals surface area contributed by atoms with Crippen LogP contribution in [0, 0.1) is 0 Å². The molecule has 0 fully saturated rings. The van der Waals surface area contributed by atoms with E-state index < -0.39 is 0 Å². The van der Waals surface area contributed by atoms with Crippen LogP contribution in [0.2, 0.25) is 0 Å². The minimum absolute atomic E-state index is 0.225. The largest absolute Gasteiger partial charge is 0.370 e. The first-order chi connectivity index (χ1) is 8.29. The molecule has 0 saturated heterocycles. The second-order valence-corrected chi connectivity index (χ2v) is 4.43. The Kier molecular flexibility index (Phi) is 4.09. The highest BCUT2D eigenvalue weighted by atomic mass is 35.5. The SMILES string of the molecule is CCC(Cl)CCNc1ccc2nccnc2n1. The van der Waals surface area contributed by atoms with Crippen LogP contribution in [0.1, 0.15) is 19.8 Å². The highest BCUT2D eigenvalue weighted by Gasteiger charge is 2.02. The van der Waals surface area contributed by atoms with E-state index in [4.69, 9.17) is 11.6 Å². The van der Waals surface area contributed by atoms with Gasteiger partial charge in [0.05, 0.1) is 0 Å². The number of fused-ring (bicyclic) bond motifs is 1. The fraction of sp³-hybridized carbons (Fsp3) is 0.417. The average molecular weight is 251 g/mol. The molecule has 0 aromatic carbocycles. The first-order valence-corrected chi connectivity index (χ1v) is 6.19. The predicted molar refractivity (Wildman–Crippen MR) is 70.4 cm³/mol. The van der Waals surface area contributed by atoms with Crippen molar-refractivity contribution >= 4 is 28.6 Å². The summed E-state index contributed by atoms with van der Waals surface area (Å²) < 4.78 is 0. The molecule has 0 aliphatic rings. The van der Waals surface area contributed by atoms with E-state index in [9.17, 15) is 0 Å². The number of halogens is 1. The molecule has 90 valence electrons. The number of aromatic nitrogens is 3. The van der Waals surface area contributed by atoms with Crippen molar-refractivity contribution in [2.45, 2.75) is 25.1 Å². The lowest BCUT2D eigenvalue weighted by atomic mass is 10.2. The number of nitrogens with one attached hydrogen (secondary N) is 1. The van der Waals surface area contributed by atoms with Gasteiger partial charge in [-0.2, -0.15) is 0 Å². The lowest BCUT2D eigenvalue weighted by Gasteiger charge is -2.08. The van der Waals surface area contributed by atoms with Crippen molar-refractivity contribution in [2.24, 2.45) is 0 Å². The number of rotatable bonds is 5. The summed E-state index contributed by atoms with van der Waals surface area (Å²) in [6, 6.07) is 3.82. The lowest BCUT2D eigenvalue weighted by Crippen LogP contribution is -2.09. The van der Waals surface area contributed by atoms with E-state index in [0.717, 1.165) is 30.7 Å². The Labute approximate surface area is 105 Å². The molecule has 4 nitrogen and oxygen atoms in total. The summed E-state index contributed by atoms with van der Waals surface area (Å²) in [4.78, 5) is 12.7. The van der Waals surface area contributed by atoms with Gasteiger partial charge in [0.1, 0.15) is 11.3 Å². The van der Waals surface area contributed by atoms with Gasteiger partial charge in [-0.1, -0.05) is 6.92 Å². The quantitative estimate of drug-likeness (QED) is 0.829. The van der Waals surface area contributed by atoms with Gasteiger partial charge in [0.15, 0.2) is 5.65 Å². The Morgan fingerprint density at radius 2 is 2.12 bits per heavy atom. The van der Waals surface area contributed by atoms with Crippen LogP contribution in [0.3, 0.4) is 0 Å². The standard InChI is InChI=1S/C12H15ClN4/c1-2-9(13)5-6-15-11-4-3-10-12(17-11)16-8-7-14-10/h3-4,7-9H,2,5-6H2,1H3,(H,15,16,17). The minimum Gasteiger partial charge on any atom is -0.370 e. The smallest absolute Gasteiger partial charge is 0.180 e.